The molecule has 1 aromatic carbocycles. The highest BCUT2D eigenvalue weighted by molar-refractivity contribution is 7.16. The second kappa shape index (κ2) is 8.73. The number of ether oxygens (including phenoxy) is 1. The van der Waals surface area contributed by atoms with Crippen molar-refractivity contribution in [1.82, 2.24) is 0 Å². The highest BCUT2D eigenvalue weighted by atomic mass is 32.1. The van der Waals surface area contributed by atoms with Gasteiger partial charge >= 0.3 is 5.97 Å². The zero-order valence-corrected chi connectivity index (χ0v) is 17.5. The van der Waals surface area contributed by atoms with E-state index in [0.29, 0.717) is 16.3 Å². The predicted molar refractivity (Wildman–Crippen MR) is 115 cm³/mol. The number of aryl methyl sites for hydroxylation is 1. The van der Waals surface area contributed by atoms with Gasteiger partial charge in [-0.05, 0) is 43.7 Å². The average Bonchev–Trinajstić information content (AvgIpc) is 3.49. The van der Waals surface area contributed by atoms with Crippen molar-refractivity contribution < 1.29 is 19.2 Å². The van der Waals surface area contributed by atoms with E-state index >= 15 is 0 Å². The molecule has 0 atom stereocenters. The Morgan fingerprint density at radius 2 is 2.03 bits per heavy atom. The Bertz CT molecular complexity index is 1100. The molecule has 2 aliphatic rings. The lowest BCUT2D eigenvalue weighted by Crippen LogP contribution is -2.24. The van der Waals surface area contributed by atoms with Crippen molar-refractivity contribution in [2.24, 2.45) is 0 Å². The summed E-state index contributed by atoms with van der Waals surface area (Å²) in [7, 11) is 0. The number of thiophene rings is 1. The van der Waals surface area contributed by atoms with Crippen LogP contribution in [0.2, 0.25) is 0 Å². The molecule has 0 radical (unpaired) electrons. The lowest BCUT2D eigenvalue weighted by atomic mass is 10.1. The van der Waals surface area contributed by atoms with Crippen LogP contribution in [0.5, 0.6) is 0 Å². The number of rotatable bonds is 6. The number of nitrogens with one attached hydrogen (secondary N) is 1. The fourth-order valence-corrected chi connectivity index (χ4v) is 5.27. The molecule has 1 aromatic heterocycles. The third-order valence-electron chi connectivity index (χ3n) is 5.48. The van der Waals surface area contributed by atoms with Gasteiger partial charge in [-0.3, -0.25) is 14.9 Å². The second-order valence-corrected chi connectivity index (χ2v) is 8.56. The predicted octanol–water partition coefficient (Wildman–Crippen LogP) is 3.41. The third-order valence-corrected chi connectivity index (χ3v) is 6.69. The SMILES string of the molecule is N#Cc1c(NC(=O)COC(=O)c2cc([N+](=O)[O-])ccc2N2CCCC2)sc2c1CCC2. The van der Waals surface area contributed by atoms with Crippen molar-refractivity contribution >= 4 is 39.6 Å². The first-order valence-electron chi connectivity index (χ1n) is 10.0. The molecule has 1 aliphatic carbocycles. The van der Waals surface area contributed by atoms with Gasteiger partial charge in [-0.2, -0.15) is 5.26 Å². The van der Waals surface area contributed by atoms with Crippen LogP contribution in [0, 0.1) is 21.4 Å². The minimum Gasteiger partial charge on any atom is -0.452 e. The number of benzene rings is 1. The summed E-state index contributed by atoms with van der Waals surface area (Å²) < 4.78 is 5.17. The molecular formula is C21H20N4O5S. The Kier molecular flexibility index (Phi) is 5.86. The van der Waals surface area contributed by atoms with Crippen molar-refractivity contribution in [3.8, 4) is 6.07 Å². The van der Waals surface area contributed by atoms with Crippen LogP contribution in [-0.2, 0) is 22.4 Å². The Labute approximate surface area is 182 Å². The van der Waals surface area contributed by atoms with Crippen LogP contribution in [0.4, 0.5) is 16.4 Å². The van der Waals surface area contributed by atoms with E-state index in [0.717, 1.165) is 55.6 Å². The van der Waals surface area contributed by atoms with Crippen molar-refractivity contribution in [3.05, 3.63) is 49.9 Å². The number of amides is 1. The largest absolute Gasteiger partial charge is 0.452 e. The van der Waals surface area contributed by atoms with Gasteiger partial charge in [0.15, 0.2) is 6.61 Å². The minimum atomic E-state index is -0.796. The average molecular weight is 440 g/mol. The quantitative estimate of drug-likeness (QED) is 0.414. The molecule has 1 aliphatic heterocycles. The molecule has 160 valence electrons. The summed E-state index contributed by atoms with van der Waals surface area (Å²) in [5.74, 6) is -1.35. The molecule has 2 aromatic rings. The number of nitro groups is 1. The van der Waals surface area contributed by atoms with E-state index in [9.17, 15) is 25.0 Å². The molecule has 0 unspecified atom stereocenters. The number of nitrogens with zero attached hydrogens (tertiary/aromatic N) is 3. The van der Waals surface area contributed by atoms with E-state index in [1.54, 1.807) is 6.07 Å². The van der Waals surface area contributed by atoms with E-state index in [2.05, 4.69) is 11.4 Å². The van der Waals surface area contributed by atoms with Crippen molar-refractivity contribution in [1.29, 1.82) is 5.26 Å². The number of hydrogen-bond acceptors (Lipinski definition) is 8. The molecule has 2 heterocycles. The Hall–Kier alpha value is -3.45. The van der Waals surface area contributed by atoms with Gasteiger partial charge in [-0.25, -0.2) is 4.79 Å². The van der Waals surface area contributed by atoms with Gasteiger partial charge < -0.3 is 15.0 Å². The van der Waals surface area contributed by atoms with Gasteiger partial charge in [-0.15, -0.1) is 11.3 Å². The van der Waals surface area contributed by atoms with Crippen LogP contribution in [-0.4, -0.2) is 36.5 Å². The lowest BCUT2D eigenvalue weighted by molar-refractivity contribution is -0.384. The molecule has 1 fully saturated rings. The van der Waals surface area contributed by atoms with E-state index < -0.39 is 23.4 Å². The van der Waals surface area contributed by atoms with Crippen LogP contribution in [0.25, 0.3) is 0 Å². The molecule has 1 N–H and O–H groups in total. The maximum Gasteiger partial charge on any atom is 0.341 e. The summed E-state index contributed by atoms with van der Waals surface area (Å²) >= 11 is 1.38. The molecule has 4 rings (SSSR count). The second-order valence-electron chi connectivity index (χ2n) is 7.45. The Morgan fingerprint density at radius 1 is 1.26 bits per heavy atom. The smallest absolute Gasteiger partial charge is 0.341 e. The maximum absolute atomic E-state index is 12.7. The fraction of sp³-hybridized carbons (Fsp3) is 0.381. The summed E-state index contributed by atoms with van der Waals surface area (Å²) in [5, 5.41) is 23.7. The van der Waals surface area contributed by atoms with E-state index in [1.165, 1.54) is 23.5 Å². The normalized spacial score (nSPS) is 14.7. The number of esters is 1. The molecule has 31 heavy (non-hydrogen) atoms. The van der Waals surface area contributed by atoms with Crippen molar-refractivity contribution in [2.75, 3.05) is 29.9 Å². The van der Waals surface area contributed by atoms with Gasteiger partial charge in [-0.1, -0.05) is 0 Å². The van der Waals surface area contributed by atoms with Crippen LogP contribution in [0.1, 0.15) is 45.6 Å². The first kappa shape index (κ1) is 20.8. The van der Waals surface area contributed by atoms with Crippen LogP contribution >= 0.6 is 11.3 Å². The summed E-state index contributed by atoms with van der Waals surface area (Å²) in [6.45, 7) is 0.950. The van der Waals surface area contributed by atoms with Gasteiger partial charge in [0.25, 0.3) is 11.6 Å². The van der Waals surface area contributed by atoms with Crippen molar-refractivity contribution in [2.45, 2.75) is 32.1 Å². The number of hydrogen-bond donors (Lipinski definition) is 1. The minimum absolute atomic E-state index is 0.0664. The fourth-order valence-electron chi connectivity index (χ4n) is 4.02. The molecule has 9 nitrogen and oxygen atoms in total. The van der Waals surface area contributed by atoms with Crippen LogP contribution in [0.3, 0.4) is 0 Å². The van der Waals surface area contributed by atoms with E-state index in [1.807, 2.05) is 4.90 Å². The highest BCUT2D eigenvalue weighted by Gasteiger charge is 2.25. The number of fused-ring (bicyclic) bond motifs is 1. The molecule has 1 saturated heterocycles. The number of carbonyl (C=O) groups is 2. The monoisotopic (exact) mass is 440 g/mol. The Morgan fingerprint density at radius 3 is 2.74 bits per heavy atom. The summed E-state index contributed by atoms with van der Waals surface area (Å²) in [4.78, 5) is 38.7. The van der Waals surface area contributed by atoms with Crippen LogP contribution < -0.4 is 10.2 Å². The van der Waals surface area contributed by atoms with Crippen molar-refractivity contribution in [3.63, 3.8) is 0 Å². The molecule has 0 spiro atoms. The number of nitro benzene ring substituents is 1. The molecule has 0 saturated carbocycles. The van der Waals surface area contributed by atoms with Gasteiger partial charge in [0.05, 0.1) is 21.7 Å². The first-order chi connectivity index (χ1) is 15.0. The number of nitriles is 1. The van der Waals surface area contributed by atoms with Gasteiger partial charge in [0.2, 0.25) is 0 Å². The van der Waals surface area contributed by atoms with Crippen LogP contribution in [0.15, 0.2) is 18.2 Å². The number of carbonyl (C=O) groups excluding carboxylic acids is 2. The molecule has 0 bridgehead atoms. The third kappa shape index (κ3) is 4.22. The number of non-ortho nitro benzene ring substituents is 1. The molecular weight excluding hydrogens is 420 g/mol. The Balaban J connectivity index is 1.46. The summed E-state index contributed by atoms with van der Waals surface area (Å²) in [6, 6.07) is 6.24. The van der Waals surface area contributed by atoms with E-state index in [4.69, 9.17) is 4.74 Å². The standard InChI is InChI=1S/C21H20N4O5S/c22-11-16-14-4-3-5-18(14)31-20(16)23-19(26)12-30-21(27)15-10-13(25(28)29)6-7-17(15)24-8-1-2-9-24/h6-7,10H,1-5,8-9,12H2,(H,23,26). The number of anilines is 2. The zero-order valence-electron chi connectivity index (χ0n) is 16.7. The molecule has 10 heteroatoms. The van der Waals surface area contributed by atoms with Gasteiger partial charge in [0.1, 0.15) is 11.1 Å². The first-order valence-corrected chi connectivity index (χ1v) is 10.8. The summed E-state index contributed by atoms with van der Waals surface area (Å²) in [5.41, 5.74) is 1.89. The van der Waals surface area contributed by atoms with Gasteiger partial charge in [0, 0.05) is 30.1 Å². The highest BCUT2D eigenvalue weighted by Crippen LogP contribution is 2.38. The van der Waals surface area contributed by atoms with E-state index in [-0.39, 0.29) is 11.3 Å². The molecule has 1 amide bonds. The zero-order chi connectivity index (χ0) is 22.0. The topological polar surface area (TPSA) is 126 Å². The summed E-state index contributed by atoms with van der Waals surface area (Å²) in [6.07, 6.45) is 4.67. The lowest BCUT2D eigenvalue weighted by Gasteiger charge is -2.20. The maximum atomic E-state index is 12.7.